The molecule has 60 valence electrons. The van der Waals surface area contributed by atoms with Crippen molar-refractivity contribution in [3.63, 3.8) is 0 Å². The van der Waals surface area contributed by atoms with Gasteiger partial charge in [-0.2, -0.15) is 0 Å². The SMILES string of the molecule is C=CC1=CCC=C1C1=CC=CC1. The molecule has 0 unspecified atom stereocenters. The third kappa shape index (κ3) is 1.10. The van der Waals surface area contributed by atoms with E-state index in [4.69, 9.17) is 0 Å². The summed E-state index contributed by atoms with van der Waals surface area (Å²) in [5.74, 6) is 0. The quantitative estimate of drug-likeness (QED) is 0.575. The lowest BCUT2D eigenvalue weighted by atomic mass is 10.0. The van der Waals surface area contributed by atoms with Gasteiger partial charge in [0.15, 0.2) is 0 Å². The Hall–Kier alpha value is -1.30. The minimum Gasteiger partial charge on any atom is -0.0985 e. The second kappa shape index (κ2) is 2.98. The van der Waals surface area contributed by atoms with E-state index in [0.717, 1.165) is 12.8 Å². The Morgan fingerprint density at radius 3 is 2.92 bits per heavy atom. The first kappa shape index (κ1) is 7.35. The first-order valence-corrected chi connectivity index (χ1v) is 4.31. The van der Waals surface area contributed by atoms with E-state index in [9.17, 15) is 0 Å². The topological polar surface area (TPSA) is 0 Å². The Labute approximate surface area is 73.3 Å². The van der Waals surface area contributed by atoms with Crippen LogP contribution in [-0.4, -0.2) is 0 Å². The summed E-state index contributed by atoms with van der Waals surface area (Å²) in [7, 11) is 0. The van der Waals surface area contributed by atoms with E-state index >= 15 is 0 Å². The van der Waals surface area contributed by atoms with Crippen LogP contribution in [0.3, 0.4) is 0 Å². The fraction of sp³-hybridized carbons (Fsp3) is 0.167. The van der Waals surface area contributed by atoms with Crippen LogP contribution in [0, 0.1) is 0 Å². The zero-order valence-electron chi connectivity index (χ0n) is 7.09. The summed E-state index contributed by atoms with van der Waals surface area (Å²) < 4.78 is 0. The van der Waals surface area contributed by atoms with Crippen LogP contribution in [0.5, 0.6) is 0 Å². The van der Waals surface area contributed by atoms with Crippen LogP contribution in [0.15, 0.2) is 59.8 Å². The molecule has 0 fully saturated rings. The molecule has 0 nitrogen and oxygen atoms in total. The van der Waals surface area contributed by atoms with Crippen LogP contribution in [0.1, 0.15) is 12.8 Å². The van der Waals surface area contributed by atoms with E-state index in [1.165, 1.54) is 16.7 Å². The summed E-state index contributed by atoms with van der Waals surface area (Å²) in [6, 6.07) is 0. The Balaban J connectivity index is 2.25. The van der Waals surface area contributed by atoms with Gasteiger partial charge in [-0.1, -0.05) is 43.0 Å². The van der Waals surface area contributed by atoms with Crippen LogP contribution in [-0.2, 0) is 0 Å². The highest BCUT2D eigenvalue weighted by atomic mass is 14.2. The van der Waals surface area contributed by atoms with Crippen LogP contribution >= 0.6 is 0 Å². The minimum absolute atomic E-state index is 1.06. The molecule has 0 aliphatic heterocycles. The fourth-order valence-corrected chi connectivity index (χ4v) is 1.69. The van der Waals surface area contributed by atoms with Gasteiger partial charge in [-0.05, 0) is 29.6 Å². The van der Waals surface area contributed by atoms with E-state index in [2.05, 4.69) is 37.0 Å². The lowest BCUT2D eigenvalue weighted by Gasteiger charge is -2.04. The number of allylic oxidation sites excluding steroid dienone is 9. The minimum atomic E-state index is 1.06. The van der Waals surface area contributed by atoms with Crippen LogP contribution in [0.25, 0.3) is 0 Å². The van der Waals surface area contributed by atoms with E-state index in [1.54, 1.807) is 0 Å². The number of hydrogen-bond donors (Lipinski definition) is 0. The van der Waals surface area contributed by atoms with Gasteiger partial charge >= 0.3 is 0 Å². The Morgan fingerprint density at radius 1 is 1.33 bits per heavy atom. The highest BCUT2D eigenvalue weighted by Gasteiger charge is 2.11. The average Bonchev–Trinajstić information content (AvgIpc) is 2.74. The van der Waals surface area contributed by atoms with Crippen molar-refractivity contribution in [1.82, 2.24) is 0 Å². The predicted octanol–water partition coefficient (Wildman–Crippen LogP) is 3.32. The maximum absolute atomic E-state index is 3.81. The van der Waals surface area contributed by atoms with Crippen LogP contribution in [0.2, 0.25) is 0 Å². The van der Waals surface area contributed by atoms with Gasteiger partial charge in [-0.15, -0.1) is 0 Å². The summed E-state index contributed by atoms with van der Waals surface area (Å²) in [6.45, 7) is 3.81. The van der Waals surface area contributed by atoms with Crippen molar-refractivity contribution < 1.29 is 0 Å². The summed E-state index contributed by atoms with van der Waals surface area (Å²) in [5, 5.41) is 0. The summed E-state index contributed by atoms with van der Waals surface area (Å²) >= 11 is 0. The lowest BCUT2D eigenvalue weighted by molar-refractivity contribution is 1.27. The Bertz CT molecular complexity index is 322. The normalized spacial score (nSPS) is 20.5. The first-order valence-electron chi connectivity index (χ1n) is 4.31. The second-order valence-electron chi connectivity index (χ2n) is 3.04. The molecule has 0 aromatic rings. The lowest BCUT2D eigenvalue weighted by Crippen LogP contribution is -1.85. The van der Waals surface area contributed by atoms with Gasteiger partial charge in [0.25, 0.3) is 0 Å². The molecule has 0 amide bonds. The molecular weight excluding hydrogens is 144 g/mol. The molecule has 2 aliphatic carbocycles. The molecule has 0 atom stereocenters. The van der Waals surface area contributed by atoms with Crippen molar-refractivity contribution in [1.29, 1.82) is 0 Å². The Morgan fingerprint density at radius 2 is 2.25 bits per heavy atom. The van der Waals surface area contributed by atoms with Crippen molar-refractivity contribution in [3.05, 3.63) is 59.8 Å². The number of rotatable bonds is 2. The molecule has 2 rings (SSSR count). The second-order valence-corrected chi connectivity index (χ2v) is 3.04. The molecular formula is C12H12. The summed E-state index contributed by atoms with van der Waals surface area (Å²) in [6.07, 6.45) is 15.1. The molecule has 0 heteroatoms. The molecule has 0 spiro atoms. The standard InChI is InChI=1S/C12H12/c1-2-10-8-5-9-12(10)11-6-3-4-7-11/h2-4,6,8-9H,1,5,7H2. The highest BCUT2D eigenvalue weighted by molar-refractivity contribution is 5.57. The molecule has 12 heavy (non-hydrogen) atoms. The van der Waals surface area contributed by atoms with Gasteiger partial charge in [0.2, 0.25) is 0 Å². The van der Waals surface area contributed by atoms with Crippen molar-refractivity contribution >= 4 is 0 Å². The van der Waals surface area contributed by atoms with Gasteiger partial charge < -0.3 is 0 Å². The van der Waals surface area contributed by atoms with E-state index in [-0.39, 0.29) is 0 Å². The van der Waals surface area contributed by atoms with Gasteiger partial charge in [0, 0.05) is 0 Å². The molecule has 0 aromatic carbocycles. The zero-order chi connectivity index (χ0) is 8.39. The molecule has 0 bridgehead atoms. The molecule has 0 heterocycles. The molecule has 0 saturated carbocycles. The van der Waals surface area contributed by atoms with Gasteiger partial charge in [0.1, 0.15) is 0 Å². The number of hydrogen-bond acceptors (Lipinski definition) is 0. The predicted molar refractivity (Wildman–Crippen MR) is 52.8 cm³/mol. The van der Waals surface area contributed by atoms with Gasteiger partial charge in [-0.25, -0.2) is 0 Å². The van der Waals surface area contributed by atoms with Crippen molar-refractivity contribution in [2.75, 3.05) is 0 Å². The van der Waals surface area contributed by atoms with E-state index < -0.39 is 0 Å². The van der Waals surface area contributed by atoms with E-state index in [0.29, 0.717) is 0 Å². The third-order valence-corrected chi connectivity index (χ3v) is 2.31. The summed E-state index contributed by atoms with van der Waals surface area (Å²) in [5.41, 5.74) is 4.11. The molecule has 0 aromatic heterocycles. The Kier molecular flexibility index (Phi) is 1.83. The van der Waals surface area contributed by atoms with Gasteiger partial charge in [0.05, 0.1) is 0 Å². The average molecular weight is 156 g/mol. The third-order valence-electron chi connectivity index (χ3n) is 2.31. The summed E-state index contributed by atoms with van der Waals surface area (Å²) in [4.78, 5) is 0. The molecule has 0 N–H and O–H groups in total. The van der Waals surface area contributed by atoms with Crippen molar-refractivity contribution in [2.45, 2.75) is 12.8 Å². The van der Waals surface area contributed by atoms with Gasteiger partial charge in [-0.3, -0.25) is 0 Å². The van der Waals surface area contributed by atoms with Crippen LogP contribution in [0.4, 0.5) is 0 Å². The fourth-order valence-electron chi connectivity index (χ4n) is 1.69. The zero-order valence-corrected chi connectivity index (χ0v) is 7.09. The van der Waals surface area contributed by atoms with Crippen LogP contribution < -0.4 is 0 Å². The maximum Gasteiger partial charge on any atom is -0.00883 e. The smallest absolute Gasteiger partial charge is 0.00883 e. The highest BCUT2D eigenvalue weighted by Crippen LogP contribution is 2.30. The monoisotopic (exact) mass is 156 g/mol. The van der Waals surface area contributed by atoms with Crippen molar-refractivity contribution in [3.8, 4) is 0 Å². The first-order chi connectivity index (χ1) is 5.92. The van der Waals surface area contributed by atoms with E-state index in [1.807, 2.05) is 6.08 Å². The maximum atomic E-state index is 3.81. The van der Waals surface area contributed by atoms with Crippen molar-refractivity contribution in [2.24, 2.45) is 0 Å². The molecule has 0 radical (unpaired) electrons. The largest absolute Gasteiger partial charge is 0.0985 e. The molecule has 0 saturated heterocycles. The molecule has 2 aliphatic rings.